The van der Waals surface area contributed by atoms with E-state index >= 15 is 0 Å². The lowest BCUT2D eigenvalue weighted by Crippen LogP contribution is -1.81. The van der Waals surface area contributed by atoms with Gasteiger partial charge in [0.25, 0.3) is 0 Å². The van der Waals surface area contributed by atoms with Gasteiger partial charge in [0.05, 0.1) is 5.02 Å². The largest absolute Gasteiger partial charge is 0.423 e. The van der Waals surface area contributed by atoms with Crippen LogP contribution in [0.25, 0.3) is 11.5 Å². The molecule has 66 valence electrons. The molecule has 0 saturated heterocycles. The maximum Gasteiger partial charge on any atom is 0.247 e. The van der Waals surface area contributed by atoms with Gasteiger partial charge in [0.1, 0.15) is 5.82 Å². The van der Waals surface area contributed by atoms with Crippen LogP contribution in [0.4, 0.5) is 4.39 Å². The molecule has 5 heteroatoms. The Morgan fingerprint density at radius 1 is 1.38 bits per heavy atom. The van der Waals surface area contributed by atoms with Gasteiger partial charge in [0, 0.05) is 5.56 Å². The summed E-state index contributed by atoms with van der Waals surface area (Å²) in [5, 5.41) is 7.19. The predicted molar refractivity (Wildman–Crippen MR) is 44.7 cm³/mol. The molecule has 0 aliphatic carbocycles. The number of hydrogen-bond acceptors (Lipinski definition) is 3. The summed E-state index contributed by atoms with van der Waals surface area (Å²) < 4.78 is 17.7. The second-order valence-electron chi connectivity index (χ2n) is 2.37. The minimum atomic E-state index is -0.468. The molecule has 0 spiro atoms. The van der Waals surface area contributed by atoms with Gasteiger partial charge in [0.2, 0.25) is 12.3 Å². The fourth-order valence-corrected chi connectivity index (χ4v) is 1.11. The Balaban J connectivity index is 2.49. The molecule has 0 aliphatic rings. The summed E-state index contributed by atoms with van der Waals surface area (Å²) in [4.78, 5) is 0. The standard InChI is InChI=1S/C8H4ClFN2O/c9-6-3-5(1-2-7(6)10)8-12-11-4-13-8/h1-4H. The maximum atomic E-state index is 12.7. The molecule has 2 rings (SSSR count). The molecule has 0 bridgehead atoms. The van der Waals surface area contributed by atoms with Crippen molar-refractivity contribution in [3.05, 3.63) is 35.4 Å². The molecule has 0 fully saturated rings. The van der Waals surface area contributed by atoms with Crippen LogP contribution in [0.1, 0.15) is 0 Å². The number of halogens is 2. The number of nitrogens with zero attached hydrogens (tertiary/aromatic N) is 2. The molecule has 0 radical (unpaired) electrons. The first-order valence-electron chi connectivity index (χ1n) is 3.49. The molecule has 13 heavy (non-hydrogen) atoms. The highest BCUT2D eigenvalue weighted by molar-refractivity contribution is 6.31. The highest BCUT2D eigenvalue weighted by Crippen LogP contribution is 2.22. The van der Waals surface area contributed by atoms with Crippen LogP contribution in [0.15, 0.2) is 29.0 Å². The zero-order chi connectivity index (χ0) is 9.26. The van der Waals surface area contributed by atoms with Crippen molar-refractivity contribution < 1.29 is 8.81 Å². The summed E-state index contributed by atoms with van der Waals surface area (Å²) in [7, 11) is 0. The predicted octanol–water partition coefficient (Wildman–Crippen LogP) is 2.53. The van der Waals surface area contributed by atoms with E-state index in [1.165, 1.54) is 24.6 Å². The zero-order valence-corrected chi connectivity index (χ0v) is 7.12. The minimum Gasteiger partial charge on any atom is -0.423 e. The van der Waals surface area contributed by atoms with Crippen molar-refractivity contribution >= 4 is 11.6 Å². The van der Waals surface area contributed by atoms with E-state index < -0.39 is 5.82 Å². The van der Waals surface area contributed by atoms with Crippen molar-refractivity contribution in [3.8, 4) is 11.5 Å². The van der Waals surface area contributed by atoms with Gasteiger partial charge in [0.15, 0.2) is 0 Å². The molecule has 1 aromatic heterocycles. The quantitative estimate of drug-likeness (QED) is 0.707. The first kappa shape index (κ1) is 8.19. The van der Waals surface area contributed by atoms with Crippen molar-refractivity contribution in [1.82, 2.24) is 10.2 Å². The van der Waals surface area contributed by atoms with E-state index in [2.05, 4.69) is 10.2 Å². The summed E-state index contributed by atoms with van der Waals surface area (Å²) in [6.45, 7) is 0. The average Bonchev–Trinajstić information content (AvgIpc) is 2.62. The van der Waals surface area contributed by atoms with Crippen LogP contribution >= 0.6 is 11.6 Å². The van der Waals surface area contributed by atoms with Crippen molar-refractivity contribution in [2.24, 2.45) is 0 Å². The number of aromatic nitrogens is 2. The lowest BCUT2D eigenvalue weighted by Gasteiger charge is -1.96. The van der Waals surface area contributed by atoms with Crippen LogP contribution in [0.3, 0.4) is 0 Å². The van der Waals surface area contributed by atoms with Crippen molar-refractivity contribution in [3.63, 3.8) is 0 Å². The molecule has 1 aromatic carbocycles. The molecule has 3 nitrogen and oxygen atoms in total. The summed E-state index contributed by atoms with van der Waals surface area (Å²) >= 11 is 5.57. The zero-order valence-electron chi connectivity index (χ0n) is 6.37. The highest BCUT2D eigenvalue weighted by Gasteiger charge is 2.06. The molecule has 0 atom stereocenters. The summed E-state index contributed by atoms with van der Waals surface area (Å²) in [6, 6.07) is 4.21. The lowest BCUT2D eigenvalue weighted by atomic mass is 10.2. The number of rotatable bonds is 1. The van der Waals surface area contributed by atoms with Crippen LogP contribution in [0.5, 0.6) is 0 Å². The van der Waals surface area contributed by atoms with Gasteiger partial charge in [-0.1, -0.05) is 11.6 Å². The Bertz CT molecular complexity index is 416. The van der Waals surface area contributed by atoms with E-state index in [0.29, 0.717) is 11.5 Å². The first-order valence-corrected chi connectivity index (χ1v) is 3.87. The number of hydrogen-bond donors (Lipinski definition) is 0. The van der Waals surface area contributed by atoms with E-state index in [9.17, 15) is 4.39 Å². The molecule has 1 heterocycles. The van der Waals surface area contributed by atoms with E-state index in [-0.39, 0.29) is 5.02 Å². The molecular formula is C8H4ClFN2O. The molecule has 0 saturated carbocycles. The lowest BCUT2D eigenvalue weighted by molar-refractivity contribution is 0.568. The molecule has 0 unspecified atom stereocenters. The van der Waals surface area contributed by atoms with Gasteiger partial charge in [-0.25, -0.2) is 4.39 Å². The van der Waals surface area contributed by atoms with Gasteiger partial charge < -0.3 is 4.42 Å². The highest BCUT2D eigenvalue weighted by atomic mass is 35.5. The van der Waals surface area contributed by atoms with Gasteiger partial charge in [-0.15, -0.1) is 10.2 Å². The van der Waals surface area contributed by atoms with Crippen LogP contribution in [0.2, 0.25) is 5.02 Å². The van der Waals surface area contributed by atoms with E-state index in [1.54, 1.807) is 0 Å². The molecule has 0 aliphatic heterocycles. The van der Waals surface area contributed by atoms with E-state index in [1.807, 2.05) is 0 Å². The summed E-state index contributed by atoms with van der Waals surface area (Å²) in [5.74, 6) is -0.146. The van der Waals surface area contributed by atoms with E-state index in [0.717, 1.165) is 0 Å². The third-order valence-corrected chi connectivity index (χ3v) is 1.82. The van der Waals surface area contributed by atoms with Crippen molar-refractivity contribution in [1.29, 1.82) is 0 Å². The summed E-state index contributed by atoms with van der Waals surface area (Å²) in [5.41, 5.74) is 0.601. The topological polar surface area (TPSA) is 38.9 Å². The van der Waals surface area contributed by atoms with Gasteiger partial charge >= 0.3 is 0 Å². The monoisotopic (exact) mass is 198 g/mol. The first-order chi connectivity index (χ1) is 6.27. The Labute approximate surface area is 78.2 Å². The van der Waals surface area contributed by atoms with Crippen LogP contribution in [-0.4, -0.2) is 10.2 Å². The van der Waals surface area contributed by atoms with Crippen LogP contribution in [-0.2, 0) is 0 Å². The Hall–Kier alpha value is -1.42. The molecule has 2 aromatic rings. The third kappa shape index (κ3) is 1.53. The fraction of sp³-hybridized carbons (Fsp3) is 0. The van der Waals surface area contributed by atoms with Gasteiger partial charge in [-0.05, 0) is 18.2 Å². The second-order valence-corrected chi connectivity index (χ2v) is 2.78. The Morgan fingerprint density at radius 2 is 2.23 bits per heavy atom. The van der Waals surface area contributed by atoms with Crippen molar-refractivity contribution in [2.45, 2.75) is 0 Å². The summed E-state index contributed by atoms with van der Waals surface area (Å²) in [6.07, 6.45) is 1.20. The molecule has 0 amide bonds. The number of benzene rings is 1. The van der Waals surface area contributed by atoms with Gasteiger partial charge in [-0.3, -0.25) is 0 Å². The Morgan fingerprint density at radius 3 is 2.85 bits per heavy atom. The Kier molecular flexibility index (Phi) is 1.98. The smallest absolute Gasteiger partial charge is 0.247 e. The molecular weight excluding hydrogens is 195 g/mol. The minimum absolute atomic E-state index is 0.0377. The maximum absolute atomic E-state index is 12.7. The SMILES string of the molecule is Fc1ccc(-c2nnco2)cc1Cl. The second kappa shape index (κ2) is 3.14. The van der Waals surface area contributed by atoms with E-state index in [4.69, 9.17) is 16.0 Å². The van der Waals surface area contributed by atoms with Crippen molar-refractivity contribution in [2.75, 3.05) is 0 Å². The van der Waals surface area contributed by atoms with Crippen LogP contribution in [0, 0.1) is 5.82 Å². The molecule has 0 N–H and O–H groups in total. The van der Waals surface area contributed by atoms with Gasteiger partial charge in [-0.2, -0.15) is 0 Å². The van der Waals surface area contributed by atoms with Crippen LogP contribution < -0.4 is 0 Å². The average molecular weight is 199 g/mol. The third-order valence-electron chi connectivity index (χ3n) is 1.53. The normalized spacial score (nSPS) is 10.3. The fourth-order valence-electron chi connectivity index (χ4n) is 0.928.